The summed E-state index contributed by atoms with van der Waals surface area (Å²) < 4.78 is 9.91. The molecule has 0 N–H and O–H groups in total. The third-order valence-corrected chi connectivity index (χ3v) is 6.85. The molecule has 0 aliphatic rings. The molecule has 8 heteroatoms. The Morgan fingerprint density at radius 2 is 1.97 bits per heavy atom. The van der Waals surface area contributed by atoms with E-state index in [0.717, 1.165) is 38.4 Å². The van der Waals surface area contributed by atoms with Gasteiger partial charge in [0.25, 0.3) is 5.91 Å². The standard InChI is InChI=1S/C25H21BrN4O2S/c26-20-7-9-22-23(15-20)33-25(28-22)30(12-3-11-29-13-10-27-17-29)24(31)16-32-21-8-6-18-4-1-2-5-19(18)14-21/h1-2,4-10,13-15,17H,3,11-12,16H2. The first-order valence-corrected chi connectivity index (χ1v) is 12.2. The molecule has 6 nitrogen and oxygen atoms in total. The first kappa shape index (κ1) is 21.6. The topological polar surface area (TPSA) is 60.2 Å². The highest BCUT2D eigenvalue weighted by atomic mass is 79.9. The molecular weight excluding hydrogens is 500 g/mol. The average molecular weight is 521 g/mol. The molecule has 0 radical (unpaired) electrons. The Morgan fingerprint density at radius 3 is 2.82 bits per heavy atom. The smallest absolute Gasteiger partial charge is 0.266 e. The molecule has 0 aliphatic heterocycles. The van der Waals surface area contributed by atoms with E-state index in [-0.39, 0.29) is 12.5 Å². The van der Waals surface area contributed by atoms with Crippen LogP contribution in [-0.4, -0.2) is 33.6 Å². The third-order valence-electron chi connectivity index (χ3n) is 5.31. The number of carbonyl (C=O) groups excluding carboxylic acids is 1. The molecule has 5 aromatic rings. The number of hydrogen-bond donors (Lipinski definition) is 0. The summed E-state index contributed by atoms with van der Waals surface area (Å²) in [5.41, 5.74) is 0.876. The van der Waals surface area contributed by atoms with Crippen molar-refractivity contribution in [2.24, 2.45) is 0 Å². The minimum atomic E-state index is -0.119. The Morgan fingerprint density at radius 1 is 1.09 bits per heavy atom. The molecule has 0 atom stereocenters. The Kier molecular flexibility index (Phi) is 6.37. The summed E-state index contributed by atoms with van der Waals surface area (Å²) in [5, 5.41) is 2.90. The zero-order valence-corrected chi connectivity index (χ0v) is 20.1. The number of nitrogens with zero attached hydrogens (tertiary/aromatic N) is 4. The van der Waals surface area contributed by atoms with Crippen LogP contribution in [0.1, 0.15) is 6.42 Å². The fourth-order valence-electron chi connectivity index (χ4n) is 3.64. The summed E-state index contributed by atoms with van der Waals surface area (Å²) >= 11 is 5.02. The number of hydrogen-bond acceptors (Lipinski definition) is 5. The van der Waals surface area contributed by atoms with E-state index in [0.29, 0.717) is 17.4 Å². The number of benzene rings is 3. The maximum absolute atomic E-state index is 13.3. The van der Waals surface area contributed by atoms with Crippen LogP contribution in [-0.2, 0) is 11.3 Å². The van der Waals surface area contributed by atoms with E-state index < -0.39 is 0 Å². The molecule has 0 saturated heterocycles. The molecule has 0 bridgehead atoms. The van der Waals surface area contributed by atoms with Gasteiger partial charge in [0, 0.05) is 30.0 Å². The second-order valence-electron chi connectivity index (χ2n) is 7.61. The zero-order valence-electron chi connectivity index (χ0n) is 17.7. The minimum Gasteiger partial charge on any atom is -0.484 e. The number of carbonyl (C=O) groups is 1. The lowest BCUT2D eigenvalue weighted by Gasteiger charge is -2.20. The fourth-order valence-corrected chi connectivity index (χ4v) is 5.20. The molecule has 0 spiro atoms. The summed E-state index contributed by atoms with van der Waals surface area (Å²) in [4.78, 5) is 23.8. The van der Waals surface area contributed by atoms with Gasteiger partial charge in [-0.2, -0.15) is 0 Å². The first-order chi connectivity index (χ1) is 16.2. The van der Waals surface area contributed by atoms with E-state index in [1.807, 2.05) is 65.4 Å². The quantitative estimate of drug-likeness (QED) is 0.255. The van der Waals surface area contributed by atoms with E-state index in [9.17, 15) is 4.79 Å². The molecule has 0 aliphatic carbocycles. The van der Waals surface area contributed by atoms with Gasteiger partial charge in [-0.05, 0) is 47.5 Å². The maximum Gasteiger partial charge on any atom is 0.266 e. The van der Waals surface area contributed by atoms with Crippen LogP contribution in [0.4, 0.5) is 5.13 Å². The third kappa shape index (κ3) is 5.07. The molecule has 166 valence electrons. The lowest BCUT2D eigenvalue weighted by Crippen LogP contribution is -2.36. The van der Waals surface area contributed by atoms with Crippen LogP contribution >= 0.6 is 27.3 Å². The number of imidazole rings is 1. The van der Waals surface area contributed by atoms with Crippen LogP contribution in [0.2, 0.25) is 0 Å². The van der Waals surface area contributed by atoms with Crippen molar-refractivity contribution in [2.75, 3.05) is 18.1 Å². The number of aryl methyl sites for hydroxylation is 1. The molecule has 0 unspecified atom stereocenters. The Balaban J connectivity index is 1.33. The second kappa shape index (κ2) is 9.72. The molecule has 2 aromatic heterocycles. The van der Waals surface area contributed by atoms with Crippen molar-refractivity contribution < 1.29 is 9.53 Å². The molecule has 3 aromatic carbocycles. The van der Waals surface area contributed by atoms with Gasteiger partial charge in [-0.3, -0.25) is 9.69 Å². The van der Waals surface area contributed by atoms with Crippen molar-refractivity contribution in [3.63, 3.8) is 0 Å². The molecule has 0 saturated carbocycles. The Bertz CT molecular complexity index is 1400. The van der Waals surface area contributed by atoms with Gasteiger partial charge in [-0.1, -0.05) is 57.6 Å². The van der Waals surface area contributed by atoms with E-state index in [2.05, 4.69) is 27.0 Å². The second-order valence-corrected chi connectivity index (χ2v) is 9.53. The van der Waals surface area contributed by atoms with Crippen molar-refractivity contribution in [1.29, 1.82) is 0 Å². The summed E-state index contributed by atoms with van der Waals surface area (Å²) in [6, 6.07) is 19.9. The minimum absolute atomic E-state index is 0.0525. The summed E-state index contributed by atoms with van der Waals surface area (Å²) in [6.07, 6.45) is 6.23. The van der Waals surface area contributed by atoms with Gasteiger partial charge in [0.05, 0.1) is 16.5 Å². The van der Waals surface area contributed by atoms with Crippen LogP contribution in [0.3, 0.4) is 0 Å². The zero-order chi connectivity index (χ0) is 22.6. The number of ether oxygens (including phenoxy) is 1. The van der Waals surface area contributed by atoms with Crippen LogP contribution in [0.15, 0.2) is 83.9 Å². The van der Waals surface area contributed by atoms with Crippen LogP contribution in [0.25, 0.3) is 21.0 Å². The monoisotopic (exact) mass is 520 g/mol. The Labute approximate surface area is 203 Å². The molecule has 1 amide bonds. The summed E-state index contributed by atoms with van der Waals surface area (Å²) in [5.74, 6) is 0.556. The fraction of sp³-hybridized carbons (Fsp3) is 0.160. The molecule has 5 rings (SSSR count). The van der Waals surface area contributed by atoms with Gasteiger partial charge in [0.15, 0.2) is 11.7 Å². The number of amides is 1. The van der Waals surface area contributed by atoms with Gasteiger partial charge in [-0.15, -0.1) is 0 Å². The number of aromatic nitrogens is 3. The average Bonchev–Trinajstić information content (AvgIpc) is 3.49. The summed E-state index contributed by atoms with van der Waals surface area (Å²) in [7, 11) is 0. The highest BCUT2D eigenvalue weighted by molar-refractivity contribution is 9.10. The van der Waals surface area contributed by atoms with Crippen LogP contribution < -0.4 is 9.64 Å². The summed E-state index contributed by atoms with van der Waals surface area (Å²) in [6.45, 7) is 1.26. The van der Waals surface area contributed by atoms with Crippen molar-refractivity contribution >= 4 is 59.3 Å². The lowest BCUT2D eigenvalue weighted by molar-refractivity contribution is -0.120. The molecule has 2 heterocycles. The number of rotatable bonds is 8. The van der Waals surface area contributed by atoms with Crippen molar-refractivity contribution in [2.45, 2.75) is 13.0 Å². The van der Waals surface area contributed by atoms with Gasteiger partial charge >= 0.3 is 0 Å². The van der Waals surface area contributed by atoms with E-state index in [4.69, 9.17) is 9.72 Å². The van der Waals surface area contributed by atoms with E-state index in [1.54, 1.807) is 17.4 Å². The maximum atomic E-state index is 13.3. The number of anilines is 1. The molecular formula is C25H21BrN4O2S. The van der Waals surface area contributed by atoms with Crippen molar-refractivity contribution in [3.8, 4) is 5.75 Å². The van der Waals surface area contributed by atoms with Gasteiger partial charge in [0.2, 0.25) is 0 Å². The molecule has 0 fully saturated rings. The number of halogens is 1. The Hall–Kier alpha value is -3.23. The first-order valence-electron chi connectivity index (χ1n) is 10.6. The molecule has 33 heavy (non-hydrogen) atoms. The number of thiazole rings is 1. The van der Waals surface area contributed by atoms with Crippen LogP contribution in [0, 0.1) is 0 Å². The van der Waals surface area contributed by atoms with E-state index >= 15 is 0 Å². The predicted molar refractivity (Wildman–Crippen MR) is 136 cm³/mol. The van der Waals surface area contributed by atoms with E-state index in [1.165, 1.54) is 11.3 Å². The predicted octanol–water partition coefficient (Wildman–Crippen LogP) is 5.91. The largest absolute Gasteiger partial charge is 0.484 e. The van der Waals surface area contributed by atoms with Gasteiger partial charge < -0.3 is 9.30 Å². The van der Waals surface area contributed by atoms with Crippen molar-refractivity contribution in [1.82, 2.24) is 14.5 Å². The highest BCUT2D eigenvalue weighted by Gasteiger charge is 2.20. The van der Waals surface area contributed by atoms with Crippen LogP contribution in [0.5, 0.6) is 5.75 Å². The van der Waals surface area contributed by atoms with Gasteiger partial charge in [0.1, 0.15) is 5.75 Å². The van der Waals surface area contributed by atoms with Crippen molar-refractivity contribution in [3.05, 3.63) is 83.9 Å². The lowest BCUT2D eigenvalue weighted by atomic mass is 10.1. The van der Waals surface area contributed by atoms with Gasteiger partial charge in [-0.25, -0.2) is 9.97 Å². The SMILES string of the molecule is O=C(COc1ccc2ccccc2c1)N(CCCn1ccnc1)c1nc2ccc(Br)cc2s1. The normalized spacial score (nSPS) is 11.2. The highest BCUT2D eigenvalue weighted by Crippen LogP contribution is 2.31. The number of fused-ring (bicyclic) bond motifs is 2.